The molecular weight excluding hydrogens is 247 g/mol. The number of hydrogen-bond donors (Lipinski definition) is 0. The number of alkyl halides is 3. The zero-order valence-corrected chi connectivity index (χ0v) is 9.69. The van der Waals surface area contributed by atoms with E-state index in [9.17, 15) is 13.2 Å². The second-order valence-corrected chi connectivity index (χ2v) is 3.62. The van der Waals surface area contributed by atoms with Crippen LogP contribution in [0.4, 0.5) is 13.2 Å². The third-order valence-corrected chi connectivity index (χ3v) is 2.40. The van der Waals surface area contributed by atoms with E-state index in [0.717, 1.165) is 10.7 Å². The Balaban J connectivity index is 2.41. The van der Waals surface area contributed by atoms with Crippen LogP contribution in [0, 0.1) is 0 Å². The first-order valence-electron chi connectivity index (χ1n) is 5.03. The summed E-state index contributed by atoms with van der Waals surface area (Å²) in [5.74, 6) is 0.539. The van der Waals surface area contributed by atoms with Gasteiger partial charge in [-0.05, 0) is 18.2 Å². The van der Waals surface area contributed by atoms with E-state index in [1.807, 2.05) is 0 Å². The summed E-state index contributed by atoms with van der Waals surface area (Å²) in [6, 6.07) is 4.17. The lowest BCUT2D eigenvalue weighted by Gasteiger charge is -2.02. The highest BCUT2D eigenvalue weighted by Gasteiger charge is 2.34. The fraction of sp³-hybridized carbons (Fsp3) is 0.273. The molecule has 0 bridgehead atoms. The molecule has 0 N–H and O–H groups in total. The molecular formula is C11H10F3N3O. The fourth-order valence-corrected chi connectivity index (χ4v) is 1.50. The maximum atomic E-state index is 12.5. The summed E-state index contributed by atoms with van der Waals surface area (Å²) in [6.45, 7) is 0. The molecule has 2 rings (SSSR count). The van der Waals surface area contributed by atoms with Gasteiger partial charge in [0.1, 0.15) is 5.75 Å². The first-order chi connectivity index (χ1) is 8.41. The van der Waals surface area contributed by atoms with Crippen LogP contribution in [0.5, 0.6) is 5.75 Å². The molecule has 4 nitrogen and oxygen atoms in total. The molecule has 0 aliphatic heterocycles. The average Bonchev–Trinajstić information content (AvgIpc) is 2.71. The SMILES string of the molecule is COc1ccc(-c2cc(C(F)(F)F)nn2C)nc1. The maximum absolute atomic E-state index is 12.5. The minimum atomic E-state index is -4.46. The van der Waals surface area contributed by atoms with Crippen molar-refractivity contribution in [3.8, 4) is 17.1 Å². The van der Waals surface area contributed by atoms with E-state index in [2.05, 4.69) is 10.1 Å². The van der Waals surface area contributed by atoms with Crippen LogP contribution in [0.25, 0.3) is 11.4 Å². The summed E-state index contributed by atoms with van der Waals surface area (Å²) >= 11 is 0. The van der Waals surface area contributed by atoms with Crippen LogP contribution in [0.1, 0.15) is 5.69 Å². The number of methoxy groups -OCH3 is 1. The highest BCUT2D eigenvalue weighted by Crippen LogP contribution is 2.31. The average molecular weight is 257 g/mol. The molecule has 0 amide bonds. The minimum absolute atomic E-state index is 0.296. The van der Waals surface area contributed by atoms with Gasteiger partial charge < -0.3 is 4.74 Å². The lowest BCUT2D eigenvalue weighted by Crippen LogP contribution is -2.06. The van der Waals surface area contributed by atoms with Gasteiger partial charge in [0.15, 0.2) is 5.69 Å². The van der Waals surface area contributed by atoms with E-state index in [0.29, 0.717) is 17.1 Å². The van der Waals surface area contributed by atoms with E-state index in [-0.39, 0.29) is 0 Å². The van der Waals surface area contributed by atoms with E-state index >= 15 is 0 Å². The Hall–Kier alpha value is -2.05. The van der Waals surface area contributed by atoms with Crippen LogP contribution in [-0.2, 0) is 13.2 Å². The van der Waals surface area contributed by atoms with Gasteiger partial charge in [-0.1, -0.05) is 0 Å². The molecule has 0 saturated heterocycles. The first-order valence-corrected chi connectivity index (χ1v) is 5.03. The van der Waals surface area contributed by atoms with Gasteiger partial charge in [-0.25, -0.2) is 0 Å². The van der Waals surface area contributed by atoms with Crippen molar-refractivity contribution in [2.45, 2.75) is 6.18 Å². The summed E-state index contributed by atoms with van der Waals surface area (Å²) in [6.07, 6.45) is -3.02. The Bertz CT molecular complexity index is 546. The van der Waals surface area contributed by atoms with Gasteiger partial charge in [0.25, 0.3) is 0 Å². The fourth-order valence-electron chi connectivity index (χ4n) is 1.50. The van der Waals surface area contributed by atoms with Gasteiger partial charge >= 0.3 is 6.18 Å². The van der Waals surface area contributed by atoms with Gasteiger partial charge in [-0.3, -0.25) is 9.67 Å². The van der Waals surface area contributed by atoms with Gasteiger partial charge in [-0.2, -0.15) is 18.3 Å². The minimum Gasteiger partial charge on any atom is -0.495 e. The predicted molar refractivity (Wildman–Crippen MR) is 58.0 cm³/mol. The third-order valence-electron chi connectivity index (χ3n) is 2.40. The molecule has 0 aromatic carbocycles. The van der Waals surface area contributed by atoms with Gasteiger partial charge in [0, 0.05) is 7.05 Å². The molecule has 0 unspecified atom stereocenters. The molecule has 0 radical (unpaired) electrons. The zero-order valence-electron chi connectivity index (χ0n) is 9.69. The molecule has 96 valence electrons. The standard InChI is InChI=1S/C11H10F3N3O/c1-17-9(5-10(16-17)11(12,13)14)8-4-3-7(18-2)6-15-8/h3-6H,1-2H3. The van der Waals surface area contributed by atoms with Crippen LogP contribution >= 0.6 is 0 Å². The van der Waals surface area contributed by atoms with Gasteiger partial charge in [-0.15, -0.1) is 0 Å². The number of halogens is 3. The number of pyridine rings is 1. The van der Waals surface area contributed by atoms with Crippen molar-refractivity contribution >= 4 is 0 Å². The van der Waals surface area contributed by atoms with E-state index in [4.69, 9.17) is 4.74 Å². The second kappa shape index (κ2) is 4.32. The summed E-state index contributed by atoms with van der Waals surface area (Å²) in [5, 5.41) is 3.42. The highest BCUT2D eigenvalue weighted by atomic mass is 19.4. The van der Waals surface area contributed by atoms with Crippen LogP contribution in [0.2, 0.25) is 0 Å². The lowest BCUT2D eigenvalue weighted by molar-refractivity contribution is -0.141. The lowest BCUT2D eigenvalue weighted by atomic mass is 10.2. The van der Waals surface area contributed by atoms with Crippen LogP contribution in [0.3, 0.4) is 0 Å². The molecule has 2 aromatic rings. The molecule has 0 spiro atoms. The normalized spacial score (nSPS) is 11.6. The van der Waals surface area contributed by atoms with Crippen LogP contribution in [-0.4, -0.2) is 21.9 Å². The van der Waals surface area contributed by atoms with Gasteiger partial charge in [0.05, 0.1) is 24.7 Å². The number of rotatable bonds is 2. The van der Waals surface area contributed by atoms with Crippen molar-refractivity contribution in [3.63, 3.8) is 0 Å². The molecule has 2 aromatic heterocycles. The van der Waals surface area contributed by atoms with Gasteiger partial charge in [0.2, 0.25) is 0 Å². The number of nitrogens with zero attached hydrogens (tertiary/aromatic N) is 3. The van der Waals surface area contributed by atoms with Crippen LogP contribution in [0.15, 0.2) is 24.4 Å². The predicted octanol–water partition coefficient (Wildman–Crippen LogP) is 2.51. The molecule has 0 saturated carbocycles. The maximum Gasteiger partial charge on any atom is 0.435 e. The van der Waals surface area contributed by atoms with Crippen LogP contribution < -0.4 is 4.74 Å². The van der Waals surface area contributed by atoms with Crippen molar-refractivity contribution in [1.29, 1.82) is 0 Å². The molecule has 18 heavy (non-hydrogen) atoms. The zero-order chi connectivity index (χ0) is 13.3. The number of aromatic nitrogens is 3. The Morgan fingerprint density at radius 2 is 2.00 bits per heavy atom. The highest BCUT2D eigenvalue weighted by molar-refractivity contribution is 5.55. The third kappa shape index (κ3) is 2.29. The Kier molecular flexibility index (Phi) is 2.98. The van der Waals surface area contributed by atoms with E-state index < -0.39 is 11.9 Å². The molecule has 0 aliphatic carbocycles. The van der Waals surface area contributed by atoms with E-state index in [1.165, 1.54) is 20.4 Å². The summed E-state index contributed by atoms with van der Waals surface area (Å²) in [4.78, 5) is 4.02. The Morgan fingerprint density at radius 1 is 1.28 bits per heavy atom. The van der Waals surface area contributed by atoms with Crippen molar-refractivity contribution in [1.82, 2.24) is 14.8 Å². The number of hydrogen-bond acceptors (Lipinski definition) is 3. The first kappa shape index (κ1) is 12.4. The van der Waals surface area contributed by atoms with Crippen molar-refractivity contribution in [2.75, 3.05) is 7.11 Å². The van der Waals surface area contributed by atoms with Crippen molar-refractivity contribution < 1.29 is 17.9 Å². The summed E-state index contributed by atoms with van der Waals surface area (Å²) in [7, 11) is 2.93. The molecule has 0 atom stereocenters. The number of ether oxygens (including phenoxy) is 1. The monoisotopic (exact) mass is 257 g/mol. The molecule has 0 aliphatic rings. The topological polar surface area (TPSA) is 39.9 Å². The summed E-state index contributed by atoms with van der Waals surface area (Å²) in [5.41, 5.74) is -0.233. The molecule has 2 heterocycles. The molecule has 0 fully saturated rings. The quantitative estimate of drug-likeness (QED) is 0.829. The Morgan fingerprint density at radius 3 is 2.44 bits per heavy atom. The van der Waals surface area contributed by atoms with E-state index in [1.54, 1.807) is 12.1 Å². The summed E-state index contributed by atoms with van der Waals surface area (Å²) < 4.78 is 43.6. The van der Waals surface area contributed by atoms with Crippen molar-refractivity contribution in [2.24, 2.45) is 7.05 Å². The smallest absolute Gasteiger partial charge is 0.435 e. The molecule has 7 heteroatoms. The number of aryl methyl sites for hydroxylation is 1. The Labute approximate surface area is 101 Å². The van der Waals surface area contributed by atoms with Crippen molar-refractivity contribution in [3.05, 3.63) is 30.1 Å². The largest absolute Gasteiger partial charge is 0.495 e. The second-order valence-electron chi connectivity index (χ2n) is 3.62.